The molecule has 7 heteroatoms. The highest BCUT2D eigenvalue weighted by Gasteiger charge is 2.49. The quantitative estimate of drug-likeness (QED) is 0.428. The third-order valence-electron chi connectivity index (χ3n) is 3.58. The highest BCUT2D eigenvalue weighted by atomic mass is 16.5. The van der Waals surface area contributed by atoms with Gasteiger partial charge in [-0.1, -0.05) is 30.3 Å². The van der Waals surface area contributed by atoms with Crippen molar-refractivity contribution in [3.05, 3.63) is 47.2 Å². The highest BCUT2D eigenvalue weighted by molar-refractivity contribution is 5.99. The molecule has 0 aliphatic carbocycles. The first-order chi connectivity index (χ1) is 11.5. The largest absolute Gasteiger partial charge is 0.456 e. The predicted molar refractivity (Wildman–Crippen MR) is 86.3 cm³/mol. The molecule has 1 unspecified atom stereocenters. The van der Waals surface area contributed by atoms with Crippen molar-refractivity contribution in [3.63, 3.8) is 0 Å². The number of aliphatic hydroxyl groups is 1. The number of esters is 1. The lowest BCUT2D eigenvalue weighted by Gasteiger charge is -2.45. The highest BCUT2D eigenvalue weighted by Crippen LogP contribution is 2.28. The van der Waals surface area contributed by atoms with Crippen LogP contribution in [0.1, 0.15) is 19.4 Å². The summed E-state index contributed by atoms with van der Waals surface area (Å²) in [5.41, 5.74) is 7.32. The molecule has 24 heavy (non-hydrogen) atoms. The molecule has 130 valence electrons. The Morgan fingerprint density at radius 3 is 2.54 bits per heavy atom. The molecule has 1 aromatic rings. The molecule has 0 aromatic heterocycles. The second kappa shape index (κ2) is 8.05. The van der Waals surface area contributed by atoms with Crippen molar-refractivity contribution in [3.8, 4) is 0 Å². The average Bonchev–Trinajstić information content (AvgIpc) is 2.59. The number of amides is 1. The minimum atomic E-state index is -0.854. The van der Waals surface area contributed by atoms with Gasteiger partial charge in [0.15, 0.2) is 6.23 Å². The maximum Gasteiger partial charge on any atom is 0.355 e. The zero-order chi connectivity index (χ0) is 17.7. The van der Waals surface area contributed by atoms with Crippen molar-refractivity contribution >= 4 is 11.9 Å². The molecule has 0 radical (unpaired) electrons. The first kappa shape index (κ1) is 18.1. The molecule has 1 heterocycles. The molecule has 1 aliphatic heterocycles. The summed E-state index contributed by atoms with van der Waals surface area (Å²) >= 11 is 0. The summed E-state index contributed by atoms with van der Waals surface area (Å²) in [7, 11) is 0. The van der Waals surface area contributed by atoms with Crippen LogP contribution in [-0.4, -0.2) is 47.4 Å². The Hall–Kier alpha value is -2.22. The fourth-order valence-electron chi connectivity index (χ4n) is 2.41. The van der Waals surface area contributed by atoms with E-state index in [0.717, 1.165) is 5.56 Å². The van der Waals surface area contributed by atoms with Crippen molar-refractivity contribution in [2.45, 2.75) is 32.7 Å². The summed E-state index contributed by atoms with van der Waals surface area (Å²) in [5, 5.41) is 8.87. The number of carbonyl (C=O) groups is 2. The summed E-state index contributed by atoms with van der Waals surface area (Å²) in [6.07, 6.45) is -0.779. The second-order valence-corrected chi connectivity index (χ2v) is 5.63. The van der Waals surface area contributed by atoms with Crippen LogP contribution in [0.15, 0.2) is 41.6 Å². The van der Waals surface area contributed by atoms with Crippen molar-refractivity contribution in [1.82, 2.24) is 4.90 Å². The van der Waals surface area contributed by atoms with Gasteiger partial charge in [-0.15, -0.1) is 0 Å². The van der Waals surface area contributed by atoms with Gasteiger partial charge in [0.05, 0.1) is 13.2 Å². The van der Waals surface area contributed by atoms with Crippen LogP contribution in [0.2, 0.25) is 0 Å². The fraction of sp³-hybridized carbons (Fsp3) is 0.412. The molecule has 2 atom stereocenters. The van der Waals surface area contributed by atoms with E-state index in [1.54, 1.807) is 13.8 Å². The minimum absolute atomic E-state index is 0.0251. The first-order valence-corrected chi connectivity index (χ1v) is 7.67. The van der Waals surface area contributed by atoms with Crippen LogP contribution in [0.5, 0.6) is 0 Å². The van der Waals surface area contributed by atoms with E-state index < -0.39 is 24.1 Å². The molecule has 0 spiro atoms. The van der Waals surface area contributed by atoms with Crippen LogP contribution in [0, 0.1) is 0 Å². The Morgan fingerprint density at radius 1 is 1.29 bits per heavy atom. The number of nitrogens with zero attached hydrogens (tertiary/aromatic N) is 1. The van der Waals surface area contributed by atoms with Gasteiger partial charge < -0.3 is 20.3 Å². The van der Waals surface area contributed by atoms with E-state index in [9.17, 15) is 9.59 Å². The molecule has 1 aromatic carbocycles. The average molecular weight is 334 g/mol. The number of aliphatic hydroxyl groups excluding tert-OH is 1. The summed E-state index contributed by atoms with van der Waals surface area (Å²) in [6, 6.07) is 8.40. The lowest BCUT2D eigenvalue weighted by Crippen LogP contribution is -2.69. The zero-order valence-electron chi connectivity index (χ0n) is 13.8. The molecule has 0 bridgehead atoms. The molecule has 3 N–H and O–H groups in total. The first-order valence-electron chi connectivity index (χ1n) is 7.67. The Labute approximate surface area is 140 Å². The SMILES string of the molecule is CC(C)=C(C(=O)OCc1ccccc1)N1C(=O)[C@@H](N)C1OCCO. The van der Waals surface area contributed by atoms with Crippen LogP contribution >= 0.6 is 0 Å². The lowest BCUT2D eigenvalue weighted by molar-refractivity contribution is -0.179. The topological polar surface area (TPSA) is 102 Å². The number of rotatable bonds is 7. The molecular formula is C17H22N2O5. The van der Waals surface area contributed by atoms with E-state index in [1.165, 1.54) is 4.90 Å². The number of allylic oxidation sites excluding steroid dienone is 1. The number of benzene rings is 1. The van der Waals surface area contributed by atoms with Gasteiger partial charge in [0.1, 0.15) is 18.3 Å². The molecule has 1 amide bonds. The van der Waals surface area contributed by atoms with Gasteiger partial charge in [0.2, 0.25) is 0 Å². The van der Waals surface area contributed by atoms with Crippen molar-refractivity contribution in [2.75, 3.05) is 13.2 Å². The Kier molecular flexibility index (Phi) is 6.08. The molecule has 0 saturated carbocycles. The molecule has 1 fully saturated rings. The fourth-order valence-corrected chi connectivity index (χ4v) is 2.41. The number of ether oxygens (including phenoxy) is 2. The van der Waals surface area contributed by atoms with Gasteiger partial charge in [-0.05, 0) is 25.0 Å². The summed E-state index contributed by atoms with van der Waals surface area (Å²) in [5.74, 6) is -1.03. The standard InChI is InChI=1S/C17H22N2O5/c1-11(2)14(17(22)24-10-12-6-4-3-5-7-12)19-15(21)13(18)16(19)23-9-8-20/h3-7,13,16,20H,8-10,18H2,1-2H3/t13-,16?/m1/s1. The minimum Gasteiger partial charge on any atom is -0.456 e. The van der Waals surface area contributed by atoms with Gasteiger partial charge in [-0.3, -0.25) is 9.69 Å². The molecule has 1 aliphatic rings. The van der Waals surface area contributed by atoms with Gasteiger partial charge in [-0.25, -0.2) is 4.79 Å². The van der Waals surface area contributed by atoms with E-state index in [2.05, 4.69) is 0 Å². The molecular weight excluding hydrogens is 312 g/mol. The lowest BCUT2D eigenvalue weighted by atomic mass is 10.0. The van der Waals surface area contributed by atoms with Gasteiger partial charge in [-0.2, -0.15) is 0 Å². The van der Waals surface area contributed by atoms with E-state index in [-0.39, 0.29) is 25.5 Å². The predicted octanol–water partition coefficient (Wildman–Crippen LogP) is 0.528. The molecule has 2 rings (SSSR count). The van der Waals surface area contributed by atoms with Crippen LogP contribution in [0.25, 0.3) is 0 Å². The number of likely N-dealkylation sites (tertiary alicyclic amines) is 1. The van der Waals surface area contributed by atoms with Gasteiger partial charge in [0, 0.05) is 0 Å². The third-order valence-corrected chi connectivity index (χ3v) is 3.58. The molecule has 1 saturated heterocycles. The Bertz CT molecular complexity index is 625. The van der Waals surface area contributed by atoms with Crippen LogP contribution in [0.3, 0.4) is 0 Å². The maximum absolute atomic E-state index is 12.4. The normalized spacial score (nSPS) is 19.7. The van der Waals surface area contributed by atoms with Crippen molar-refractivity contribution < 1.29 is 24.2 Å². The summed E-state index contributed by atoms with van der Waals surface area (Å²) in [6.45, 7) is 3.34. The smallest absolute Gasteiger partial charge is 0.355 e. The number of hydrogen-bond acceptors (Lipinski definition) is 6. The number of carbonyl (C=O) groups excluding carboxylic acids is 2. The number of hydrogen-bond donors (Lipinski definition) is 2. The number of β-lactam (4-membered cyclic amide) rings is 1. The Morgan fingerprint density at radius 2 is 1.96 bits per heavy atom. The third kappa shape index (κ3) is 3.81. The number of nitrogens with two attached hydrogens (primary N) is 1. The van der Waals surface area contributed by atoms with Crippen molar-refractivity contribution in [2.24, 2.45) is 5.73 Å². The molecule has 7 nitrogen and oxygen atoms in total. The second-order valence-electron chi connectivity index (χ2n) is 5.63. The van der Waals surface area contributed by atoms with E-state index in [0.29, 0.717) is 5.57 Å². The maximum atomic E-state index is 12.4. The van der Waals surface area contributed by atoms with Crippen molar-refractivity contribution in [1.29, 1.82) is 0 Å². The summed E-state index contributed by atoms with van der Waals surface area (Å²) < 4.78 is 10.7. The van der Waals surface area contributed by atoms with E-state index in [4.69, 9.17) is 20.3 Å². The van der Waals surface area contributed by atoms with Gasteiger partial charge >= 0.3 is 5.97 Å². The summed E-state index contributed by atoms with van der Waals surface area (Å²) in [4.78, 5) is 25.7. The van der Waals surface area contributed by atoms with Gasteiger partial charge in [0.25, 0.3) is 5.91 Å². The van der Waals surface area contributed by atoms with E-state index in [1.807, 2.05) is 30.3 Å². The van der Waals surface area contributed by atoms with Crippen LogP contribution in [-0.2, 0) is 25.7 Å². The van der Waals surface area contributed by atoms with Crippen LogP contribution < -0.4 is 5.73 Å². The van der Waals surface area contributed by atoms with Crippen LogP contribution in [0.4, 0.5) is 0 Å². The Balaban J connectivity index is 2.10. The monoisotopic (exact) mass is 334 g/mol. The van der Waals surface area contributed by atoms with E-state index >= 15 is 0 Å². The zero-order valence-corrected chi connectivity index (χ0v) is 13.8.